The van der Waals surface area contributed by atoms with Crippen molar-refractivity contribution >= 4 is 22.6 Å². The fourth-order valence-corrected chi connectivity index (χ4v) is 3.63. The van der Waals surface area contributed by atoms with Crippen LogP contribution in [0.2, 0.25) is 0 Å². The number of benzene rings is 1. The Bertz CT molecular complexity index is 979. The summed E-state index contributed by atoms with van der Waals surface area (Å²) in [4.78, 5) is 24.9. The summed E-state index contributed by atoms with van der Waals surface area (Å²) in [5, 5.41) is -0.245. The summed E-state index contributed by atoms with van der Waals surface area (Å²) in [6.45, 7) is 1.84. The topological polar surface area (TPSA) is 83.5 Å². The van der Waals surface area contributed by atoms with Crippen LogP contribution < -0.4 is 15.9 Å². The van der Waals surface area contributed by atoms with Crippen LogP contribution in [0.1, 0.15) is 36.5 Å². The van der Waals surface area contributed by atoms with Crippen molar-refractivity contribution < 1.29 is 23.0 Å². The maximum Gasteiger partial charge on any atom is 0.343 e. The van der Waals surface area contributed by atoms with Crippen molar-refractivity contribution in [2.45, 2.75) is 31.7 Å². The zero-order chi connectivity index (χ0) is 17.9. The van der Waals surface area contributed by atoms with E-state index in [1.807, 2.05) is 0 Å². The van der Waals surface area contributed by atoms with E-state index in [1.54, 1.807) is 11.5 Å². The second-order valence-corrected chi connectivity index (χ2v) is 6.42. The Labute approximate surface area is 141 Å². The molecule has 2 heterocycles. The number of anilines is 1. The molecule has 2 aliphatic rings. The summed E-state index contributed by atoms with van der Waals surface area (Å²) < 4.78 is 40.5. The second-order valence-electron chi connectivity index (χ2n) is 6.42. The van der Waals surface area contributed by atoms with Gasteiger partial charge in [-0.05, 0) is 26.2 Å². The first-order valence-electron chi connectivity index (χ1n) is 8.07. The van der Waals surface area contributed by atoms with Crippen molar-refractivity contribution in [1.82, 2.24) is 4.57 Å². The summed E-state index contributed by atoms with van der Waals surface area (Å²) in [6.07, 6.45) is 3.78. The van der Waals surface area contributed by atoms with E-state index in [9.17, 15) is 18.4 Å². The Balaban J connectivity index is 2.16. The predicted molar refractivity (Wildman–Crippen MR) is 85.8 cm³/mol. The lowest BCUT2D eigenvalue weighted by Crippen LogP contribution is -2.49. The van der Waals surface area contributed by atoms with Gasteiger partial charge in [-0.3, -0.25) is 4.79 Å². The molecule has 1 aliphatic heterocycles. The van der Waals surface area contributed by atoms with Crippen LogP contribution in [0.25, 0.3) is 10.9 Å². The molecule has 25 heavy (non-hydrogen) atoms. The van der Waals surface area contributed by atoms with Crippen LogP contribution in [0.4, 0.5) is 14.5 Å². The van der Waals surface area contributed by atoms with Gasteiger partial charge in [-0.25, -0.2) is 9.18 Å². The van der Waals surface area contributed by atoms with Gasteiger partial charge < -0.3 is 19.8 Å². The van der Waals surface area contributed by atoms with Gasteiger partial charge in [0.1, 0.15) is 17.7 Å². The molecule has 1 fully saturated rings. The van der Waals surface area contributed by atoms with Crippen LogP contribution in [0, 0.1) is 11.6 Å². The fraction of sp³-hybridized carbons (Fsp3) is 0.412. The summed E-state index contributed by atoms with van der Waals surface area (Å²) in [5.74, 6) is -3.73. The zero-order valence-electron chi connectivity index (χ0n) is 13.5. The number of ether oxygens (including phenoxy) is 2. The highest BCUT2D eigenvalue weighted by Crippen LogP contribution is 2.48. The van der Waals surface area contributed by atoms with Crippen LogP contribution >= 0.6 is 0 Å². The molecule has 0 bridgehead atoms. The summed E-state index contributed by atoms with van der Waals surface area (Å²) in [6, 6.07) is 0. The van der Waals surface area contributed by atoms with Crippen LogP contribution in [-0.2, 0) is 10.3 Å². The van der Waals surface area contributed by atoms with Gasteiger partial charge in [-0.15, -0.1) is 0 Å². The molecule has 2 N–H and O–H groups in total. The highest BCUT2D eigenvalue weighted by atomic mass is 19.2. The molecule has 0 atom stereocenters. The normalized spacial score (nSPS) is 17.2. The number of carbonyl (C=O) groups excluding carboxylic acids is 1. The highest BCUT2D eigenvalue weighted by Gasteiger charge is 2.45. The standard InChI is InChI=1S/C17H16F2N2O4/c1-2-24-16(23)8-6-21-13-9(14(8)22)12(20)10(18)11(19)15(13)25-7-17(21)4-3-5-17/h6H,2-5,7,20H2,1H3. The molecule has 6 nitrogen and oxygen atoms in total. The van der Waals surface area contributed by atoms with E-state index in [4.69, 9.17) is 15.2 Å². The van der Waals surface area contributed by atoms with Gasteiger partial charge in [0.2, 0.25) is 11.2 Å². The molecule has 0 unspecified atom stereocenters. The summed E-state index contributed by atoms with van der Waals surface area (Å²) >= 11 is 0. The molecule has 0 amide bonds. The maximum absolute atomic E-state index is 14.3. The van der Waals surface area contributed by atoms with Crippen LogP contribution in [0.3, 0.4) is 0 Å². The number of esters is 1. The molecule has 8 heteroatoms. The quantitative estimate of drug-likeness (QED) is 0.664. The van der Waals surface area contributed by atoms with Crippen molar-refractivity contribution in [1.29, 1.82) is 0 Å². The molecule has 1 aromatic carbocycles. The van der Waals surface area contributed by atoms with Crippen LogP contribution in [-0.4, -0.2) is 23.8 Å². The van der Waals surface area contributed by atoms with Gasteiger partial charge in [0.05, 0.1) is 23.2 Å². The van der Waals surface area contributed by atoms with E-state index < -0.39 is 34.3 Å². The van der Waals surface area contributed by atoms with Crippen molar-refractivity contribution in [2.24, 2.45) is 0 Å². The first kappa shape index (κ1) is 15.9. The second kappa shape index (κ2) is 5.18. The molecule has 1 aliphatic carbocycles. The minimum Gasteiger partial charge on any atom is -0.486 e. The first-order valence-corrected chi connectivity index (χ1v) is 8.07. The number of hydrogen-bond donors (Lipinski definition) is 1. The third-order valence-corrected chi connectivity index (χ3v) is 5.10. The molecule has 4 rings (SSSR count). The minimum atomic E-state index is -1.35. The molecule has 1 aromatic heterocycles. The fourth-order valence-electron chi connectivity index (χ4n) is 3.63. The van der Waals surface area contributed by atoms with Gasteiger partial charge in [0.25, 0.3) is 0 Å². The van der Waals surface area contributed by atoms with Gasteiger partial charge in [0.15, 0.2) is 11.6 Å². The Kier molecular flexibility index (Phi) is 3.28. The lowest BCUT2D eigenvalue weighted by atomic mass is 9.76. The average molecular weight is 350 g/mol. The van der Waals surface area contributed by atoms with E-state index in [0.717, 1.165) is 19.3 Å². The first-order chi connectivity index (χ1) is 11.9. The Morgan fingerprint density at radius 3 is 2.72 bits per heavy atom. The van der Waals surface area contributed by atoms with Gasteiger partial charge in [-0.2, -0.15) is 4.39 Å². The number of carbonyl (C=O) groups is 1. The lowest BCUT2D eigenvalue weighted by Gasteiger charge is -2.47. The number of pyridine rings is 1. The number of aromatic nitrogens is 1. The molecule has 2 aromatic rings. The van der Waals surface area contributed by atoms with E-state index in [0.29, 0.717) is 0 Å². The largest absolute Gasteiger partial charge is 0.486 e. The lowest BCUT2D eigenvalue weighted by molar-refractivity contribution is 0.0496. The number of nitrogens with zero attached hydrogens (tertiary/aromatic N) is 1. The third kappa shape index (κ3) is 1.93. The molecule has 1 spiro atoms. The van der Waals surface area contributed by atoms with Gasteiger partial charge in [0, 0.05) is 6.20 Å². The minimum absolute atomic E-state index is 0.0864. The Morgan fingerprint density at radius 2 is 2.12 bits per heavy atom. The number of fused-ring (bicyclic) bond motifs is 1. The zero-order valence-corrected chi connectivity index (χ0v) is 13.5. The number of rotatable bonds is 2. The van der Waals surface area contributed by atoms with Gasteiger partial charge >= 0.3 is 5.97 Å². The number of nitrogens with two attached hydrogens (primary N) is 1. The molecular weight excluding hydrogens is 334 g/mol. The van der Waals surface area contributed by atoms with E-state index in [-0.39, 0.29) is 35.4 Å². The Hall–Kier alpha value is -2.64. The molecular formula is C17H16F2N2O4. The summed E-state index contributed by atoms with van der Waals surface area (Å²) in [5.41, 5.74) is 3.64. The monoisotopic (exact) mass is 350 g/mol. The van der Waals surface area contributed by atoms with E-state index in [2.05, 4.69) is 0 Å². The maximum atomic E-state index is 14.3. The van der Waals surface area contributed by atoms with Crippen LogP contribution in [0.15, 0.2) is 11.0 Å². The van der Waals surface area contributed by atoms with Crippen LogP contribution in [0.5, 0.6) is 5.75 Å². The van der Waals surface area contributed by atoms with Crippen molar-refractivity contribution in [3.63, 3.8) is 0 Å². The molecule has 0 radical (unpaired) electrons. The number of halogens is 2. The number of nitrogen functional groups attached to an aromatic ring is 1. The smallest absolute Gasteiger partial charge is 0.343 e. The molecule has 132 valence electrons. The van der Waals surface area contributed by atoms with E-state index in [1.165, 1.54) is 6.20 Å². The molecule has 0 saturated heterocycles. The Morgan fingerprint density at radius 1 is 1.40 bits per heavy atom. The van der Waals surface area contributed by atoms with Crippen molar-refractivity contribution in [2.75, 3.05) is 18.9 Å². The highest BCUT2D eigenvalue weighted by molar-refractivity contribution is 6.00. The van der Waals surface area contributed by atoms with E-state index >= 15 is 0 Å². The molecule has 1 saturated carbocycles. The SMILES string of the molecule is CCOC(=O)c1cn2c3c(c(F)c(F)c(N)c3c1=O)OCC21CCC1. The average Bonchev–Trinajstić information content (AvgIpc) is 2.56. The third-order valence-electron chi connectivity index (χ3n) is 5.10. The number of hydrogen-bond acceptors (Lipinski definition) is 5. The van der Waals surface area contributed by atoms with Gasteiger partial charge in [-0.1, -0.05) is 0 Å². The van der Waals surface area contributed by atoms with Crippen molar-refractivity contribution in [3.05, 3.63) is 33.6 Å². The predicted octanol–water partition coefficient (Wildman–Crippen LogP) is 2.31. The van der Waals surface area contributed by atoms with Crippen molar-refractivity contribution in [3.8, 4) is 5.75 Å². The summed E-state index contributed by atoms with van der Waals surface area (Å²) in [7, 11) is 0.